The minimum Gasteiger partial charge on any atom is -0.462 e. The fourth-order valence-corrected chi connectivity index (χ4v) is 4.17. The molecule has 184 valence electrons. The third-order valence-corrected chi connectivity index (χ3v) is 6.21. The Bertz CT molecular complexity index is 1150. The Morgan fingerprint density at radius 1 is 0.886 bits per heavy atom. The van der Waals surface area contributed by atoms with Crippen LogP contribution in [0.2, 0.25) is 0 Å². The molecule has 0 radical (unpaired) electrons. The zero-order chi connectivity index (χ0) is 25.2. The normalized spacial score (nSPS) is 10.9. The predicted octanol–water partition coefficient (Wildman–Crippen LogP) is 7.06. The van der Waals surface area contributed by atoms with E-state index in [1.807, 2.05) is 30.3 Å². The summed E-state index contributed by atoms with van der Waals surface area (Å²) in [7, 11) is 0. The van der Waals surface area contributed by atoms with Gasteiger partial charge in [-0.15, -0.1) is 0 Å². The van der Waals surface area contributed by atoms with Gasteiger partial charge in [-0.1, -0.05) is 80.9 Å². The lowest BCUT2D eigenvalue weighted by molar-refractivity contribution is -0.138. The van der Waals surface area contributed by atoms with E-state index in [1.54, 1.807) is 13.0 Å². The van der Waals surface area contributed by atoms with Crippen LogP contribution in [-0.2, 0) is 28.8 Å². The molecule has 4 heteroatoms. The second-order valence-corrected chi connectivity index (χ2v) is 9.04. The number of aryl methyl sites for hydroxylation is 1. The van der Waals surface area contributed by atoms with Crippen molar-refractivity contribution in [1.82, 2.24) is 0 Å². The summed E-state index contributed by atoms with van der Waals surface area (Å²) in [5.41, 5.74) is 12.8. The Balaban J connectivity index is 1.79. The lowest BCUT2D eigenvalue weighted by atomic mass is 9.94. The summed E-state index contributed by atoms with van der Waals surface area (Å²) >= 11 is 0. The summed E-state index contributed by atoms with van der Waals surface area (Å²) in [5, 5.41) is 0. The van der Waals surface area contributed by atoms with Gasteiger partial charge in [0.2, 0.25) is 0 Å². The van der Waals surface area contributed by atoms with E-state index in [2.05, 4.69) is 37.8 Å². The molecule has 0 aliphatic carbocycles. The van der Waals surface area contributed by atoms with Gasteiger partial charge in [0.15, 0.2) is 0 Å². The van der Waals surface area contributed by atoms with Gasteiger partial charge in [-0.2, -0.15) is 0 Å². The number of hydrogen-bond donors (Lipinski definition) is 1. The Morgan fingerprint density at radius 2 is 1.60 bits per heavy atom. The maximum atomic E-state index is 15.2. The molecule has 2 N–H and O–H groups in total. The van der Waals surface area contributed by atoms with E-state index >= 15 is 4.39 Å². The SMILES string of the molecule is C=C(C)C(=O)OCCc1cc(-c2ccc(-c3ccc(CCCCC)cc3)cc2F)ccc1CCN. The number of hydrogen-bond acceptors (Lipinski definition) is 3. The number of nitrogens with two attached hydrogens (primary N) is 1. The molecule has 0 atom stereocenters. The van der Waals surface area contributed by atoms with Gasteiger partial charge in [-0.3, -0.25) is 0 Å². The largest absolute Gasteiger partial charge is 0.462 e. The third-order valence-electron chi connectivity index (χ3n) is 6.21. The van der Waals surface area contributed by atoms with Crippen molar-refractivity contribution in [2.75, 3.05) is 13.2 Å². The number of benzene rings is 3. The standard InChI is InChI=1S/C31H36FNO2/c1-4-5-6-7-23-8-10-24(11-9-23)26-14-15-29(30(32)21-26)28-13-12-25(16-18-33)27(20-28)17-19-35-31(34)22(2)3/h8-15,20-21H,2,4-7,16-19,33H2,1,3H3. The van der Waals surface area contributed by atoms with Crippen molar-refractivity contribution in [3.63, 3.8) is 0 Å². The molecular weight excluding hydrogens is 437 g/mol. The van der Waals surface area contributed by atoms with E-state index in [9.17, 15) is 4.79 Å². The molecule has 0 heterocycles. The highest BCUT2D eigenvalue weighted by Gasteiger charge is 2.12. The first-order chi connectivity index (χ1) is 16.9. The molecule has 35 heavy (non-hydrogen) atoms. The molecule has 3 nitrogen and oxygen atoms in total. The maximum Gasteiger partial charge on any atom is 0.333 e. The fourth-order valence-electron chi connectivity index (χ4n) is 4.17. The Kier molecular flexibility index (Phi) is 9.80. The van der Waals surface area contributed by atoms with Crippen LogP contribution in [0.15, 0.2) is 72.8 Å². The van der Waals surface area contributed by atoms with Gasteiger partial charge in [-0.25, -0.2) is 9.18 Å². The summed E-state index contributed by atoms with van der Waals surface area (Å²) in [4.78, 5) is 11.7. The van der Waals surface area contributed by atoms with Crippen molar-refractivity contribution in [2.24, 2.45) is 5.73 Å². The van der Waals surface area contributed by atoms with Crippen molar-refractivity contribution in [3.8, 4) is 22.3 Å². The second-order valence-electron chi connectivity index (χ2n) is 9.04. The minimum atomic E-state index is -0.405. The molecule has 3 aromatic rings. The number of carbonyl (C=O) groups is 1. The van der Waals surface area contributed by atoms with Crippen molar-refractivity contribution in [2.45, 2.75) is 52.4 Å². The quantitative estimate of drug-likeness (QED) is 0.174. The lowest BCUT2D eigenvalue weighted by Gasteiger charge is -2.13. The minimum absolute atomic E-state index is 0.239. The molecule has 3 aromatic carbocycles. The van der Waals surface area contributed by atoms with Crippen LogP contribution in [0.25, 0.3) is 22.3 Å². The monoisotopic (exact) mass is 473 g/mol. The molecule has 3 rings (SSSR count). The first-order valence-electron chi connectivity index (χ1n) is 12.5. The summed E-state index contributed by atoms with van der Waals surface area (Å²) in [6, 6.07) is 19.7. The highest BCUT2D eigenvalue weighted by atomic mass is 19.1. The van der Waals surface area contributed by atoms with Crippen LogP contribution in [0, 0.1) is 5.82 Å². The molecule has 0 saturated heterocycles. The Hall–Kier alpha value is -3.24. The molecule has 0 unspecified atom stereocenters. The van der Waals surface area contributed by atoms with Crippen molar-refractivity contribution in [3.05, 3.63) is 95.3 Å². The average Bonchev–Trinajstić information content (AvgIpc) is 2.85. The second kappa shape index (κ2) is 13.0. The van der Waals surface area contributed by atoms with Gasteiger partial charge in [0.05, 0.1) is 6.61 Å². The zero-order valence-electron chi connectivity index (χ0n) is 20.9. The number of esters is 1. The van der Waals surface area contributed by atoms with Gasteiger partial charge in [0, 0.05) is 17.6 Å². The zero-order valence-corrected chi connectivity index (χ0v) is 20.9. The fraction of sp³-hybridized carbons (Fsp3) is 0.323. The molecule has 0 spiro atoms. The lowest BCUT2D eigenvalue weighted by Crippen LogP contribution is -2.11. The Labute approximate surface area is 208 Å². The molecule has 0 aliphatic heterocycles. The third kappa shape index (κ3) is 7.37. The van der Waals surface area contributed by atoms with Gasteiger partial charge in [-0.05, 0) is 72.2 Å². The maximum absolute atomic E-state index is 15.2. The van der Waals surface area contributed by atoms with Gasteiger partial charge < -0.3 is 10.5 Å². The molecule has 0 saturated carbocycles. The topological polar surface area (TPSA) is 52.3 Å². The van der Waals surface area contributed by atoms with E-state index in [1.165, 1.54) is 24.8 Å². The summed E-state index contributed by atoms with van der Waals surface area (Å²) in [5.74, 6) is -0.669. The average molecular weight is 474 g/mol. The molecule has 0 bridgehead atoms. The molecule has 0 amide bonds. The van der Waals surface area contributed by atoms with Crippen molar-refractivity contribution in [1.29, 1.82) is 0 Å². The first-order valence-corrected chi connectivity index (χ1v) is 12.5. The number of unbranched alkanes of at least 4 members (excludes halogenated alkanes) is 2. The van der Waals surface area contributed by atoms with E-state index in [4.69, 9.17) is 10.5 Å². The number of ether oxygens (including phenoxy) is 1. The van der Waals surface area contributed by atoms with Gasteiger partial charge in [0.25, 0.3) is 0 Å². The van der Waals surface area contributed by atoms with E-state index in [0.717, 1.165) is 34.2 Å². The first kappa shape index (κ1) is 26.4. The van der Waals surface area contributed by atoms with Crippen molar-refractivity contribution >= 4 is 5.97 Å². The predicted molar refractivity (Wildman–Crippen MR) is 143 cm³/mol. The van der Waals surface area contributed by atoms with Crippen LogP contribution >= 0.6 is 0 Å². The van der Waals surface area contributed by atoms with E-state index in [-0.39, 0.29) is 12.4 Å². The van der Waals surface area contributed by atoms with Crippen LogP contribution in [0.5, 0.6) is 0 Å². The highest BCUT2D eigenvalue weighted by molar-refractivity contribution is 5.86. The number of carbonyl (C=O) groups excluding carboxylic acids is 1. The summed E-state index contributed by atoms with van der Waals surface area (Å²) in [6.45, 7) is 8.19. The number of rotatable bonds is 12. The molecular formula is C31H36FNO2. The van der Waals surface area contributed by atoms with Crippen LogP contribution in [0.1, 0.15) is 49.8 Å². The van der Waals surface area contributed by atoms with Crippen LogP contribution < -0.4 is 5.73 Å². The van der Waals surface area contributed by atoms with Crippen molar-refractivity contribution < 1.29 is 13.9 Å². The summed E-state index contributed by atoms with van der Waals surface area (Å²) < 4.78 is 20.5. The molecule has 0 aromatic heterocycles. The van der Waals surface area contributed by atoms with Crippen LogP contribution in [0.3, 0.4) is 0 Å². The van der Waals surface area contributed by atoms with E-state index < -0.39 is 5.97 Å². The molecule has 0 aliphatic rings. The Morgan fingerprint density at radius 3 is 2.26 bits per heavy atom. The highest BCUT2D eigenvalue weighted by Crippen LogP contribution is 2.30. The van der Waals surface area contributed by atoms with Gasteiger partial charge >= 0.3 is 5.97 Å². The van der Waals surface area contributed by atoms with E-state index in [0.29, 0.717) is 30.5 Å². The van der Waals surface area contributed by atoms with Gasteiger partial charge in [0.1, 0.15) is 5.82 Å². The van der Waals surface area contributed by atoms with Crippen LogP contribution in [-0.4, -0.2) is 19.1 Å². The smallest absolute Gasteiger partial charge is 0.333 e. The number of halogens is 1. The summed E-state index contributed by atoms with van der Waals surface area (Å²) in [6.07, 6.45) is 5.97. The molecule has 0 fully saturated rings. The van der Waals surface area contributed by atoms with Crippen LogP contribution in [0.4, 0.5) is 4.39 Å².